The molecule has 0 radical (unpaired) electrons. The van der Waals surface area contributed by atoms with Gasteiger partial charge in [0.25, 0.3) is 0 Å². The van der Waals surface area contributed by atoms with Gasteiger partial charge in [0.05, 0.1) is 6.61 Å². The average molecular weight is 347 g/mol. The van der Waals surface area contributed by atoms with Crippen LogP contribution in [0.15, 0.2) is 29.4 Å². The molecule has 1 saturated heterocycles. The summed E-state index contributed by atoms with van der Waals surface area (Å²) < 4.78 is 45.3. The number of carbonyl (C=O) groups is 1. The van der Waals surface area contributed by atoms with Gasteiger partial charge in [-0.25, -0.2) is 4.79 Å². The van der Waals surface area contributed by atoms with Crippen molar-refractivity contribution in [1.29, 1.82) is 0 Å². The molecule has 0 aromatic heterocycles. The lowest BCUT2D eigenvalue weighted by atomic mass is 10.1. The maximum atomic E-state index is 12.1. The maximum Gasteiger partial charge on any atom is 0.573 e. The Labute approximate surface area is 135 Å². The topological polar surface area (TPSA) is 77.4 Å². The fourth-order valence-electron chi connectivity index (χ4n) is 2.07. The van der Waals surface area contributed by atoms with Gasteiger partial charge in [-0.05, 0) is 30.5 Å². The van der Waals surface area contributed by atoms with Crippen LogP contribution < -0.4 is 4.74 Å². The van der Waals surface area contributed by atoms with E-state index in [0.717, 1.165) is 25.0 Å². The Bertz CT molecular complexity index is 580. The van der Waals surface area contributed by atoms with Crippen LogP contribution in [0, 0.1) is 0 Å². The molecule has 1 aromatic carbocycles. The van der Waals surface area contributed by atoms with Crippen LogP contribution in [0.5, 0.6) is 5.75 Å². The minimum absolute atomic E-state index is 0.103. The van der Waals surface area contributed by atoms with Gasteiger partial charge in [0.1, 0.15) is 5.75 Å². The second-order valence-corrected chi connectivity index (χ2v) is 5.11. The standard InChI is InChI=1S/C15H16F3NO5/c16-15(17,18)23-11-6-4-10(5-7-11)9-12(14(20)21)19-24-13-3-1-2-8-22-13/h4-7,13H,1-3,8-9H2,(H,20,21)/b19-12+. The third-order valence-electron chi connectivity index (χ3n) is 3.19. The van der Waals surface area contributed by atoms with Crippen molar-refractivity contribution in [1.82, 2.24) is 0 Å². The molecule has 1 fully saturated rings. The van der Waals surface area contributed by atoms with Crippen LogP contribution in [0.1, 0.15) is 24.8 Å². The summed E-state index contributed by atoms with van der Waals surface area (Å²) in [5, 5.41) is 12.8. The molecule has 9 heteroatoms. The summed E-state index contributed by atoms with van der Waals surface area (Å²) >= 11 is 0. The van der Waals surface area contributed by atoms with Crippen molar-refractivity contribution >= 4 is 11.7 Å². The highest BCUT2D eigenvalue weighted by atomic mass is 19.4. The predicted octanol–water partition coefficient (Wildman–Crippen LogP) is 3.11. The van der Waals surface area contributed by atoms with Crippen molar-refractivity contribution < 1.29 is 37.4 Å². The molecular formula is C15H16F3NO5. The molecule has 0 aliphatic carbocycles. The lowest BCUT2D eigenvalue weighted by molar-refractivity contribution is -0.274. The number of carboxylic acid groups (broad SMARTS) is 1. The zero-order valence-electron chi connectivity index (χ0n) is 12.6. The van der Waals surface area contributed by atoms with Crippen LogP contribution in [-0.2, 0) is 20.8 Å². The fraction of sp³-hybridized carbons (Fsp3) is 0.467. The molecule has 1 aromatic rings. The van der Waals surface area contributed by atoms with E-state index in [9.17, 15) is 18.0 Å². The number of halogens is 3. The summed E-state index contributed by atoms with van der Waals surface area (Å²) in [5.74, 6) is -1.66. The largest absolute Gasteiger partial charge is 0.573 e. The van der Waals surface area contributed by atoms with Crippen molar-refractivity contribution in [3.8, 4) is 5.75 Å². The van der Waals surface area contributed by atoms with Gasteiger partial charge in [-0.1, -0.05) is 17.3 Å². The van der Waals surface area contributed by atoms with Gasteiger partial charge in [-0.15, -0.1) is 13.2 Å². The first kappa shape index (κ1) is 18.1. The first-order valence-corrected chi connectivity index (χ1v) is 7.26. The third kappa shape index (κ3) is 6.07. The highest BCUT2D eigenvalue weighted by Crippen LogP contribution is 2.23. The molecule has 1 aliphatic heterocycles. The average Bonchev–Trinajstić information content (AvgIpc) is 2.52. The molecule has 24 heavy (non-hydrogen) atoms. The highest BCUT2D eigenvalue weighted by Gasteiger charge is 2.31. The fourth-order valence-corrected chi connectivity index (χ4v) is 2.07. The zero-order valence-corrected chi connectivity index (χ0v) is 12.6. The molecular weight excluding hydrogens is 331 g/mol. The van der Waals surface area contributed by atoms with E-state index in [1.807, 2.05) is 0 Å². The van der Waals surface area contributed by atoms with E-state index in [0.29, 0.717) is 18.6 Å². The number of rotatable bonds is 6. The van der Waals surface area contributed by atoms with Crippen LogP contribution in [0.2, 0.25) is 0 Å². The molecule has 1 N–H and O–H groups in total. The Kier molecular flexibility index (Phi) is 6.02. The van der Waals surface area contributed by atoms with Gasteiger partial charge in [-0.2, -0.15) is 0 Å². The molecule has 1 atom stereocenters. The second kappa shape index (κ2) is 8.00. The van der Waals surface area contributed by atoms with Crippen LogP contribution in [0.25, 0.3) is 0 Å². The van der Waals surface area contributed by atoms with Crippen LogP contribution in [-0.4, -0.2) is 36.0 Å². The molecule has 0 spiro atoms. The van der Waals surface area contributed by atoms with E-state index >= 15 is 0 Å². The Morgan fingerprint density at radius 2 is 2.00 bits per heavy atom. The summed E-state index contributed by atoms with van der Waals surface area (Å²) in [4.78, 5) is 16.3. The predicted molar refractivity (Wildman–Crippen MR) is 76.6 cm³/mol. The van der Waals surface area contributed by atoms with Crippen molar-refractivity contribution in [2.24, 2.45) is 5.16 Å². The third-order valence-corrected chi connectivity index (χ3v) is 3.19. The van der Waals surface area contributed by atoms with Gasteiger partial charge in [0.2, 0.25) is 6.29 Å². The van der Waals surface area contributed by atoms with Crippen LogP contribution in [0.4, 0.5) is 13.2 Å². The molecule has 1 aliphatic rings. The van der Waals surface area contributed by atoms with Crippen LogP contribution in [0.3, 0.4) is 0 Å². The number of carboxylic acids is 1. The number of nitrogens with zero attached hydrogens (tertiary/aromatic N) is 1. The van der Waals surface area contributed by atoms with E-state index in [2.05, 4.69) is 9.89 Å². The van der Waals surface area contributed by atoms with Crippen LogP contribution >= 0.6 is 0 Å². The molecule has 1 heterocycles. The lowest BCUT2D eigenvalue weighted by Gasteiger charge is -2.20. The summed E-state index contributed by atoms with van der Waals surface area (Å²) in [6.45, 7) is 0.531. The molecule has 1 unspecified atom stereocenters. The Morgan fingerprint density at radius 1 is 1.29 bits per heavy atom. The summed E-state index contributed by atoms with van der Waals surface area (Å²) in [6, 6.07) is 4.87. The van der Waals surface area contributed by atoms with Crippen molar-refractivity contribution in [3.63, 3.8) is 0 Å². The zero-order chi connectivity index (χ0) is 17.6. The summed E-state index contributed by atoms with van der Waals surface area (Å²) in [7, 11) is 0. The number of ether oxygens (including phenoxy) is 2. The van der Waals surface area contributed by atoms with E-state index < -0.39 is 18.6 Å². The normalized spacial score (nSPS) is 19.0. The number of hydrogen-bond acceptors (Lipinski definition) is 5. The quantitative estimate of drug-likeness (QED) is 0.632. The summed E-state index contributed by atoms with van der Waals surface area (Å²) in [6.07, 6.45) is -3.00. The molecule has 0 bridgehead atoms. The Hall–Kier alpha value is -2.29. The minimum Gasteiger partial charge on any atom is -0.477 e. The van der Waals surface area contributed by atoms with E-state index in [1.165, 1.54) is 12.1 Å². The van der Waals surface area contributed by atoms with Crippen molar-refractivity contribution in [3.05, 3.63) is 29.8 Å². The minimum atomic E-state index is -4.77. The first-order valence-electron chi connectivity index (χ1n) is 7.26. The maximum absolute atomic E-state index is 12.1. The number of aliphatic carboxylic acids is 1. The van der Waals surface area contributed by atoms with E-state index in [4.69, 9.17) is 14.7 Å². The molecule has 132 valence electrons. The number of alkyl halides is 3. The van der Waals surface area contributed by atoms with Gasteiger partial charge >= 0.3 is 12.3 Å². The monoisotopic (exact) mass is 347 g/mol. The number of benzene rings is 1. The number of hydrogen-bond donors (Lipinski definition) is 1. The molecule has 2 rings (SSSR count). The molecule has 0 saturated carbocycles. The highest BCUT2D eigenvalue weighted by molar-refractivity contribution is 6.35. The Morgan fingerprint density at radius 3 is 2.54 bits per heavy atom. The van der Waals surface area contributed by atoms with Gasteiger partial charge in [0.15, 0.2) is 5.71 Å². The summed E-state index contributed by atoms with van der Waals surface area (Å²) in [5.41, 5.74) is 0.188. The van der Waals surface area contributed by atoms with E-state index in [1.54, 1.807) is 0 Å². The SMILES string of the molecule is O=C(O)/C(Cc1ccc(OC(F)(F)F)cc1)=N/OC1CCCCO1. The van der Waals surface area contributed by atoms with Crippen molar-refractivity contribution in [2.45, 2.75) is 38.3 Å². The number of oxime groups is 1. The van der Waals surface area contributed by atoms with E-state index in [-0.39, 0.29) is 17.9 Å². The molecule has 0 amide bonds. The molecule has 6 nitrogen and oxygen atoms in total. The Balaban J connectivity index is 1.98. The second-order valence-electron chi connectivity index (χ2n) is 5.11. The van der Waals surface area contributed by atoms with Gasteiger partial charge in [0, 0.05) is 12.8 Å². The van der Waals surface area contributed by atoms with Crippen molar-refractivity contribution in [2.75, 3.05) is 6.61 Å². The lowest BCUT2D eigenvalue weighted by Crippen LogP contribution is -2.23. The smallest absolute Gasteiger partial charge is 0.477 e. The first-order chi connectivity index (χ1) is 11.3. The van der Waals surface area contributed by atoms with Gasteiger partial charge < -0.3 is 19.4 Å². The van der Waals surface area contributed by atoms with Gasteiger partial charge in [-0.3, -0.25) is 0 Å².